The molecule has 0 saturated heterocycles. The Morgan fingerprint density at radius 3 is 2.28 bits per heavy atom. The molecule has 1 N–H and O–H groups in total. The summed E-state index contributed by atoms with van der Waals surface area (Å²) in [5.41, 5.74) is 5.03. The lowest BCUT2D eigenvalue weighted by atomic mass is 9.90. The lowest BCUT2D eigenvalue weighted by Gasteiger charge is -2.13. The Balaban J connectivity index is 2.23. The van der Waals surface area contributed by atoms with E-state index >= 15 is 0 Å². The molecular weight excluding hydrogens is 316 g/mol. The highest BCUT2D eigenvalue weighted by Crippen LogP contribution is 2.30. The molecule has 1 heterocycles. The third-order valence-electron chi connectivity index (χ3n) is 4.59. The second-order valence-corrected chi connectivity index (χ2v) is 6.57. The number of aryl methyl sites for hydroxylation is 3. The fourth-order valence-electron chi connectivity index (χ4n) is 3.34. The van der Waals surface area contributed by atoms with Crippen molar-refractivity contribution >= 4 is 22.7 Å². The van der Waals surface area contributed by atoms with Crippen LogP contribution in [0.5, 0.6) is 0 Å². The molecule has 0 radical (unpaired) electrons. The minimum Gasteiger partial charge on any atom is -0.481 e. The number of ketones is 1. The van der Waals surface area contributed by atoms with Gasteiger partial charge in [-0.25, -0.2) is 0 Å². The molecule has 0 fully saturated rings. The zero-order chi connectivity index (χ0) is 18.3. The predicted molar refractivity (Wildman–Crippen MR) is 96.4 cm³/mol. The minimum atomic E-state index is -0.927. The number of furan rings is 1. The van der Waals surface area contributed by atoms with Crippen molar-refractivity contribution in [1.82, 2.24) is 0 Å². The van der Waals surface area contributed by atoms with Gasteiger partial charge in [-0.1, -0.05) is 17.7 Å². The van der Waals surface area contributed by atoms with Gasteiger partial charge in [-0.2, -0.15) is 0 Å². The van der Waals surface area contributed by atoms with Crippen molar-refractivity contribution in [2.45, 2.75) is 33.6 Å². The Kier molecular flexibility index (Phi) is 4.21. The molecule has 0 amide bonds. The van der Waals surface area contributed by atoms with Crippen LogP contribution in [0.1, 0.15) is 51.0 Å². The lowest BCUT2D eigenvalue weighted by molar-refractivity contribution is -0.138. The number of benzene rings is 2. The normalized spacial score (nSPS) is 12.3. The van der Waals surface area contributed by atoms with Crippen LogP contribution >= 0.6 is 0 Å². The van der Waals surface area contributed by atoms with Crippen LogP contribution in [0.2, 0.25) is 0 Å². The van der Waals surface area contributed by atoms with Gasteiger partial charge in [0.1, 0.15) is 5.58 Å². The smallest absolute Gasteiger partial charge is 0.310 e. The van der Waals surface area contributed by atoms with E-state index in [4.69, 9.17) is 4.42 Å². The van der Waals surface area contributed by atoms with E-state index in [2.05, 4.69) is 0 Å². The first-order valence-corrected chi connectivity index (χ1v) is 8.16. The molecule has 4 heteroatoms. The molecule has 1 unspecified atom stereocenters. The van der Waals surface area contributed by atoms with Crippen LogP contribution in [-0.2, 0) is 4.79 Å². The summed E-state index contributed by atoms with van der Waals surface area (Å²) in [7, 11) is 0. The number of carbonyl (C=O) groups is 2. The Morgan fingerprint density at radius 1 is 1.04 bits per heavy atom. The summed E-state index contributed by atoms with van der Waals surface area (Å²) in [6.07, 6.45) is 1.52. The summed E-state index contributed by atoms with van der Waals surface area (Å²) >= 11 is 0. The van der Waals surface area contributed by atoms with Gasteiger partial charge in [-0.05, 0) is 62.6 Å². The number of aliphatic carboxylic acids is 1. The zero-order valence-electron chi connectivity index (χ0n) is 14.7. The molecule has 0 bridgehead atoms. The van der Waals surface area contributed by atoms with Crippen molar-refractivity contribution in [2.24, 2.45) is 0 Å². The monoisotopic (exact) mass is 336 g/mol. The van der Waals surface area contributed by atoms with Crippen LogP contribution in [0.15, 0.2) is 41.0 Å². The van der Waals surface area contributed by atoms with Crippen LogP contribution in [0, 0.1) is 20.8 Å². The highest BCUT2D eigenvalue weighted by atomic mass is 16.4. The van der Waals surface area contributed by atoms with E-state index in [9.17, 15) is 14.7 Å². The Hall–Kier alpha value is -2.88. The van der Waals surface area contributed by atoms with E-state index in [0.717, 1.165) is 22.1 Å². The molecule has 0 spiro atoms. The molecule has 0 aliphatic carbocycles. The number of fused-ring (bicyclic) bond motifs is 1. The van der Waals surface area contributed by atoms with Gasteiger partial charge in [-0.15, -0.1) is 0 Å². The summed E-state index contributed by atoms with van der Waals surface area (Å²) in [6.45, 7) is 7.43. The van der Waals surface area contributed by atoms with Gasteiger partial charge in [0.15, 0.2) is 5.78 Å². The summed E-state index contributed by atoms with van der Waals surface area (Å²) in [6, 6.07) is 9.11. The van der Waals surface area contributed by atoms with Crippen LogP contribution in [0.25, 0.3) is 11.0 Å². The predicted octanol–water partition coefficient (Wildman–Crippen LogP) is 4.78. The van der Waals surface area contributed by atoms with Crippen LogP contribution in [-0.4, -0.2) is 16.9 Å². The molecule has 1 atom stereocenters. The van der Waals surface area contributed by atoms with Crippen LogP contribution in [0.4, 0.5) is 0 Å². The van der Waals surface area contributed by atoms with Gasteiger partial charge < -0.3 is 9.52 Å². The van der Waals surface area contributed by atoms with E-state index in [1.807, 2.05) is 32.9 Å². The maximum Gasteiger partial charge on any atom is 0.310 e. The van der Waals surface area contributed by atoms with E-state index in [-0.39, 0.29) is 5.78 Å². The van der Waals surface area contributed by atoms with Crippen LogP contribution < -0.4 is 0 Å². The second-order valence-electron chi connectivity index (χ2n) is 6.57. The summed E-state index contributed by atoms with van der Waals surface area (Å²) in [5, 5.41) is 10.0. The molecule has 0 saturated carbocycles. The van der Waals surface area contributed by atoms with Crippen molar-refractivity contribution in [3.05, 3.63) is 70.0 Å². The van der Waals surface area contributed by atoms with E-state index in [1.54, 1.807) is 25.1 Å². The lowest BCUT2D eigenvalue weighted by Crippen LogP contribution is -2.11. The molecule has 3 rings (SSSR count). The first-order valence-electron chi connectivity index (χ1n) is 8.16. The third-order valence-corrected chi connectivity index (χ3v) is 4.59. The number of carbonyl (C=O) groups excluding carboxylic acids is 1. The first kappa shape index (κ1) is 17.0. The largest absolute Gasteiger partial charge is 0.481 e. The topological polar surface area (TPSA) is 67.5 Å². The molecule has 128 valence electrons. The SMILES string of the molecule is Cc1cc(C)c(C(=O)c2cc(C(C)C(=O)O)cc3ccoc23)c(C)c1. The molecule has 25 heavy (non-hydrogen) atoms. The van der Waals surface area contributed by atoms with Crippen molar-refractivity contribution in [2.75, 3.05) is 0 Å². The fourth-order valence-corrected chi connectivity index (χ4v) is 3.34. The highest BCUT2D eigenvalue weighted by Gasteiger charge is 2.23. The Labute approximate surface area is 146 Å². The maximum absolute atomic E-state index is 13.2. The number of hydrogen-bond acceptors (Lipinski definition) is 3. The molecule has 4 nitrogen and oxygen atoms in total. The molecule has 1 aromatic heterocycles. The molecule has 0 aliphatic rings. The summed E-state index contributed by atoms with van der Waals surface area (Å²) in [5.74, 6) is -1.77. The van der Waals surface area contributed by atoms with Gasteiger partial charge in [0.25, 0.3) is 0 Å². The van der Waals surface area contributed by atoms with Gasteiger partial charge in [0.2, 0.25) is 0 Å². The Morgan fingerprint density at radius 2 is 1.68 bits per heavy atom. The second kappa shape index (κ2) is 6.20. The highest BCUT2D eigenvalue weighted by molar-refractivity contribution is 6.16. The van der Waals surface area contributed by atoms with E-state index in [0.29, 0.717) is 22.3 Å². The minimum absolute atomic E-state index is 0.144. The number of carboxylic acid groups (broad SMARTS) is 1. The third kappa shape index (κ3) is 2.95. The standard InChI is InChI=1S/C21H20O4/c1-11-7-12(2)18(13(3)8-11)19(22)17-10-16(14(4)21(23)24)9-15-5-6-25-20(15)17/h5-10,14H,1-4H3,(H,23,24). The molecule has 2 aromatic carbocycles. The van der Waals surface area contributed by atoms with Crippen molar-refractivity contribution < 1.29 is 19.1 Å². The first-order chi connectivity index (χ1) is 11.8. The fraction of sp³-hybridized carbons (Fsp3) is 0.238. The van der Waals surface area contributed by atoms with Crippen LogP contribution in [0.3, 0.4) is 0 Å². The average molecular weight is 336 g/mol. The number of rotatable bonds is 4. The average Bonchev–Trinajstić information content (AvgIpc) is 3.00. The van der Waals surface area contributed by atoms with Crippen molar-refractivity contribution in [3.63, 3.8) is 0 Å². The zero-order valence-corrected chi connectivity index (χ0v) is 14.7. The number of hydrogen-bond donors (Lipinski definition) is 1. The maximum atomic E-state index is 13.2. The quantitative estimate of drug-likeness (QED) is 0.696. The van der Waals surface area contributed by atoms with Crippen molar-refractivity contribution in [3.8, 4) is 0 Å². The van der Waals surface area contributed by atoms with Gasteiger partial charge in [0.05, 0.1) is 17.7 Å². The van der Waals surface area contributed by atoms with Crippen molar-refractivity contribution in [1.29, 1.82) is 0 Å². The van der Waals surface area contributed by atoms with Gasteiger partial charge in [-0.3, -0.25) is 9.59 Å². The van der Waals surface area contributed by atoms with Gasteiger partial charge >= 0.3 is 5.97 Å². The van der Waals surface area contributed by atoms with E-state index in [1.165, 1.54) is 6.26 Å². The summed E-state index contributed by atoms with van der Waals surface area (Å²) in [4.78, 5) is 24.6. The summed E-state index contributed by atoms with van der Waals surface area (Å²) < 4.78 is 5.52. The molecular formula is C21H20O4. The van der Waals surface area contributed by atoms with E-state index < -0.39 is 11.9 Å². The number of carboxylic acids is 1. The molecule has 3 aromatic rings. The van der Waals surface area contributed by atoms with Gasteiger partial charge in [0, 0.05) is 10.9 Å². The Bertz CT molecular complexity index is 971. The molecule has 0 aliphatic heterocycles.